The molecule has 15 heteroatoms. The quantitative estimate of drug-likeness (QED) is 0.203. The second kappa shape index (κ2) is 15.8. The summed E-state index contributed by atoms with van der Waals surface area (Å²) in [5.74, 6) is -2.26. The smallest absolute Gasteiger partial charge is 0.190 e. The molecule has 6 aliphatic heterocycles. The largest absolute Gasteiger partial charge is 0.501 e. The van der Waals surface area contributed by atoms with Gasteiger partial charge in [-0.05, 0) is 55.4 Å². The third kappa shape index (κ3) is 10.00. The molecule has 272 valence electrons. The van der Waals surface area contributed by atoms with Gasteiger partial charge in [0.1, 0.15) is 62.0 Å². The molecule has 6 fully saturated rings. The maximum absolute atomic E-state index is 9.40. The summed E-state index contributed by atoms with van der Waals surface area (Å²) in [4.78, 5) is 0. The van der Waals surface area contributed by atoms with Crippen molar-refractivity contribution in [1.29, 1.82) is 0 Å². The van der Waals surface area contributed by atoms with Crippen molar-refractivity contribution >= 4 is 11.6 Å². The van der Waals surface area contributed by atoms with Crippen LogP contribution >= 0.6 is 11.6 Å². The molecule has 0 aromatic carbocycles. The van der Waals surface area contributed by atoms with E-state index in [2.05, 4.69) is 17.9 Å². The monoisotopic (exact) mass is 696 g/mol. The zero-order valence-electron chi connectivity index (χ0n) is 28.7. The third-order valence-corrected chi connectivity index (χ3v) is 7.89. The predicted molar refractivity (Wildman–Crippen MR) is 166 cm³/mol. The first-order valence-electron chi connectivity index (χ1n) is 16.0. The second-order valence-corrected chi connectivity index (χ2v) is 13.8. The van der Waals surface area contributed by atoms with Gasteiger partial charge in [0, 0.05) is 0 Å². The van der Waals surface area contributed by atoms with Crippen LogP contribution in [0.4, 0.5) is 0 Å². The maximum atomic E-state index is 9.40. The summed E-state index contributed by atoms with van der Waals surface area (Å²) in [6.45, 7) is 23.4. The molecule has 0 radical (unpaired) electrons. The van der Waals surface area contributed by atoms with Gasteiger partial charge in [-0.2, -0.15) is 0 Å². The molecule has 0 aromatic rings. The highest BCUT2D eigenvalue weighted by molar-refractivity contribution is 6.17. The summed E-state index contributed by atoms with van der Waals surface area (Å²) in [6.07, 6.45) is -0.718. The molecular weight excluding hydrogens is 644 g/mol. The van der Waals surface area contributed by atoms with Gasteiger partial charge in [0.05, 0.1) is 38.2 Å². The fourth-order valence-electron chi connectivity index (χ4n) is 6.19. The van der Waals surface area contributed by atoms with Crippen LogP contribution in [0.15, 0.2) is 25.7 Å². The minimum Gasteiger partial charge on any atom is -0.501 e. The molecule has 0 bridgehead atoms. The van der Waals surface area contributed by atoms with Crippen molar-refractivity contribution < 1.29 is 66.7 Å². The van der Waals surface area contributed by atoms with E-state index in [0.717, 1.165) is 0 Å². The number of rotatable bonds is 10. The highest BCUT2D eigenvalue weighted by Crippen LogP contribution is 2.45. The van der Waals surface area contributed by atoms with E-state index in [-0.39, 0.29) is 49.3 Å². The van der Waals surface area contributed by atoms with Gasteiger partial charge in [-0.1, -0.05) is 13.2 Å². The fourth-order valence-corrected chi connectivity index (χ4v) is 6.27. The van der Waals surface area contributed by atoms with Gasteiger partial charge in [0.2, 0.25) is 0 Å². The van der Waals surface area contributed by atoms with Crippen molar-refractivity contribution in [2.24, 2.45) is 0 Å². The van der Waals surface area contributed by atoms with Crippen LogP contribution in [0.25, 0.3) is 0 Å². The van der Waals surface area contributed by atoms with Gasteiger partial charge in [-0.3, -0.25) is 0 Å². The summed E-state index contributed by atoms with van der Waals surface area (Å²) in [5.41, 5.74) is 0. The highest BCUT2D eigenvalue weighted by Gasteiger charge is 2.62. The topological polar surface area (TPSA) is 140 Å². The molecule has 6 saturated heterocycles. The Morgan fingerprint density at radius 2 is 0.979 bits per heavy atom. The number of ether oxygens (including phenoxy) is 13. The lowest BCUT2D eigenvalue weighted by molar-refractivity contribution is -0.243. The zero-order chi connectivity index (χ0) is 34.6. The highest BCUT2D eigenvalue weighted by atomic mass is 35.5. The lowest BCUT2D eigenvalue weighted by Crippen LogP contribution is -2.56. The molecular formula is C32H53ClO14. The van der Waals surface area contributed by atoms with Crippen LogP contribution in [-0.2, 0) is 61.6 Å². The van der Waals surface area contributed by atoms with Crippen LogP contribution in [-0.4, -0.2) is 129 Å². The van der Waals surface area contributed by atoms with Crippen LogP contribution in [0.1, 0.15) is 55.4 Å². The summed E-state index contributed by atoms with van der Waals surface area (Å²) in [6, 6.07) is 0. The van der Waals surface area contributed by atoms with Crippen LogP contribution < -0.4 is 0 Å². The molecule has 6 rings (SSSR count). The molecule has 0 spiro atoms. The van der Waals surface area contributed by atoms with Gasteiger partial charge < -0.3 is 66.7 Å². The number of hydrogen-bond acceptors (Lipinski definition) is 14. The first kappa shape index (κ1) is 38.7. The van der Waals surface area contributed by atoms with Gasteiger partial charge in [-0.25, -0.2) is 0 Å². The molecule has 0 amide bonds. The van der Waals surface area contributed by atoms with Crippen LogP contribution in [0.3, 0.4) is 0 Å². The average Bonchev–Trinajstić information content (AvgIpc) is 3.68. The molecule has 47 heavy (non-hydrogen) atoms. The number of halogens is 1. The Morgan fingerprint density at radius 1 is 0.574 bits per heavy atom. The molecule has 1 N–H and O–H groups in total. The SMILES string of the molecule is C=COCCCl.C=COCCOCC1OC2OC(C)(C)OC2C2OC(C)(C)OC12.CC1(C)OC2OC(CO)C3OC(C)(C)OC3C2O1. The average molecular weight is 697 g/mol. The van der Waals surface area contributed by atoms with E-state index in [0.29, 0.717) is 32.3 Å². The minimum absolute atomic E-state index is 0.131. The Hall–Kier alpha value is -1.11. The second-order valence-electron chi connectivity index (χ2n) is 13.4. The number of hydrogen-bond donors (Lipinski definition) is 1. The van der Waals surface area contributed by atoms with Gasteiger partial charge >= 0.3 is 0 Å². The predicted octanol–water partition coefficient (Wildman–Crippen LogP) is 3.32. The number of fused-ring (bicyclic) bond motifs is 6. The van der Waals surface area contributed by atoms with Gasteiger partial charge in [0.25, 0.3) is 0 Å². The van der Waals surface area contributed by atoms with Crippen molar-refractivity contribution in [3.8, 4) is 0 Å². The van der Waals surface area contributed by atoms with Crippen molar-refractivity contribution in [3.05, 3.63) is 25.7 Å². The van der Waals surface area contributed by atoms with Gasteiger partial charge in [0.15, 0.2) is 35.7 Å². The normalized spacial score (nSPS) is 39.4. The van der Waals surface area contributed by atoms with Crippen molar-refractivity contribution in [2.75, 3.05) is 38.9 Å². The molecule has 0 aromatic heterocycles. The standard InChI is InChI=1S/C16H26O7.C12H20O6.C4H7ClO/c1-6-17-7-8-18-9-10-11-12(21-15(2,3)20-11)13-14(19-10)23-16(4,5)22-13;1-11(2)15-7-6(5-13)14-10-9(8(7)16-11)17-12(3,4)18-10;1-2-6-4-3-5/h6,10-14H,1,7-9H2,2-5H3;6-10,13H,5H2,1-4H3;2H,1,3-4H2. The molecule has 6 aliphatic rings. The number of aliphatic hydroxyl groups is 1. The third-order valence-electron chi connectivity index (χ3n) is 7.74. The Bertz CT molecular complexity index is 1020. The van der Waals surface area contributed by atoms with E-state index >= 15 is 0 Å². The lowest BCUT2D eigenvalue weighted by Gasteiger charge is -2.37. The molecule has 6 heterocycles. The fraction of sp³-hybridized carbons (Fsp3) is 0.875. The van der Waals surface area contributed by atoms with Crippen LogP contribution in [0.5, 0.6) is 0 Å². The van der Waals surface area contributed by atoms with Crippen LogP contribution in [0.2, 0.25) is 0 Å². The molecule has 10 atom stereocenters. The first-order valence-corrected chi connectivity index (χ1v) is 16.5. The number of aliphatic hydroxyl groups excluding tert-OH is 1. The minimum atomic E-state index is -0.708. The van der Waals surface area contributed by atoms with Crippen LogP contribution in [0, 0.1) is 0 Å². The Balaban J connectivity index is 0.000000185. The van der Waals surface area contributed by atoms with E-state index in [9.17, 15) is 5.11 Å². The van der Waals surface area contributed by atoms with Crippen molar-refractivity contribution in [3.63, 3.8) is 0 Å². The molecule has 10 unspecified atom stereocenters. The Kier molecular flexibility index (Phi) is 13.0. The summed E-state index contributed by atoms with van der Waals surface area (Å²) >= 11 is 5.21. The van der Waals surface area contributed by atoms with E-state index in [4.69, 9.17) is 68.4 Å². The molecule has 0 aliphatic carbocycles. The van der Waals surface area contributed by atoms with E-state index < -0.39 is 41.8 Å². The Labute approximate surface area is 282 Å². The summed E-state index contributed by atoms with van der Waals surface area (Å²) < 4.78 is 74.0. The van der Waals surface area contributed by atoms with Gasteiger partial charge in [-0.15, -0.1) is 11.6 Å². The number of alkyl halides is 1. The summed E-state index contributed by atoms with van der Waals surface area (Å²) in [7, 11) is 0. The van der Waals surface area contributed by atoms with E-state index in [1.807, 2.05) is 55.4 Å². The zero-order valence-corrected chi connectivity index (χ0v) is 29.5. The maximum Gasteiger partial charge on any atom is 0.190 e. The van der Waals surface area contributed by atoms with Crippen molar-refractivity contribution in [2.45, 2.75) is 140 Å². The van der Waals surface area contributed by atoms with E-state index in [1.54, 1.807) is 0 Å². The first-order chi connectivity index (χ1) is 22.0. The molecule has 0 saturated carbocycles. The summed E-state index contributed by atoms with van der Waals surface area (Å²) in [5, 5.41) is 9.40. The Morgan fingerprint density at radius 3 is 1.43 bits per heavy atom. The lowest BCUT2D eigenvalue weighted by atomic mass is 9.99. The van der Waals surface area contributed by atoms with Crippen molar-refractivity contribution in [1.82, 2.24) is 0 Å². The van der Waals surface area contributed by atoms with E-state index in [1.165, 1.54) is 12.5 Å². The molecule has 14 nitrogen and oxygen atoms in total.